The number of unbranched alkanes of at least 4 members (excludes halogenated alkanes) is 2. The lowest BCUT2D eigenvalue weighted by Crippen LogP contribution is -2.30. The molecule has 0 radical (unpaired) electrons. The van der Waals surface area contributed by atoms with Crippen LogP contribution in [0.1, 0.15) is 19.3 Å². The molecule has 0 amide bonds. The van der Waals surface area contributed by atoms with Crippen LogP contribution in [-0.2, 0) is 10.1 Å². The Morgan fingerprint density at radius 1 is 0.875 bits per heavy atom. The molecule has 0 aliphatic heterocycles. The zero-order valence-corrected chi connectivity index (χ0v) is 10.2. The lowest BCUT2D eigenvalue weighted by Gasteiger charge is -2.19. The number of aliphatic hydroxyl groups is 2. The predicted octanol–water partition coefficient (Wildman–Crippen LogP) is -0.669. The van der Waals surface area contributed by atoms with Gasteiger partial charge < -0.3 is 10.2 Å². The van der Waals surface area contributed by atoms with Gasteiger partial charge in [-0.1, -0.05) is 6.42 Å². The molecule has 7 heteroatoms. The maximum atomic E-state index is 10.4. The summed E-state index contributed by atoms with van der Waals surface area (Å²) in [6, 6.07) is 0. The Morgan fingerprint density at radius 3 is 1.88 bits per heavy atom. The standard InChI is InChI=1S/C9H21NO5S/c11-7-5-10(6-8-12)4-2-1-3-9-16(13,14)15/h11-12H,1-9H2,(H,13,14,15). The molecule has 98 valence electrons. The van der Waals surface area contributed by atoms with Gasteiger partial charge in [0.2, 0.25) is 0 Å². The molecule has 0 aromatic carbocycles. The van der Waals surface area contributed by atoms with Gasteiger partial charge in [0.25, 0.3) is 10.1 Å². The second-order valence-electron chi connectivity index (χ2n) is 3.64. The van der Waals surface area contributed by atoms with Crippen molar-refractivity contribution in [2.45, 2.75) is 19.3 Å². The highest BCUT2D eigenvalue weighted by atomic mass is 32.2. The Bertz CT molecular complexity index is 249. The molecule has 0 unspecified atom stereocenters. The second kappa shape index (κ2) is 8.89. The average molecular weight is 255 g/mol. The zero-order chi connectivity index (χ0) is 12.4. The molecule has 6 nitrogen and oxygen atoms in total. The first-order valence-electron chi connectivity index (χ1n) is 5.39. The summed E-state index contributed by atoms with van der Waals surface area (Å²) in [5.41, 5.74) is 0. The third-order valence-electron chi connectivity index (χ3n) is 2.21. The SMILES string of the molecule is O=S(=O)(O)CCCCCN(CCO)CCO. The third kappa shape index (κ3) is 10.3. The summed E-state index contributed by atoms with van der Waals surface area (Å²) in [4.78, 5) is 1.91. The van der Waals surface area contributed by atoms with Crippen molar-refractivity contribution in [2.24, 2.45) is 0 Å². The summed E-state index contributed by atoms with van der Waals surface area (Å²) in [6.07, 6.45) is 1.92. The zero-order valence-electron chi connectivity index (χ0n) is 9.38. The van der Waals surface area contributed by atoms with Crippen LogP contribution in [0.25, 0.3) is 0 Å². The summed E-state index contributed by atoms with van der Waals surface area (Å²) >= 11 is 0. The van der Waals surface area contributed by atoms with Gasteiger partial charge in [-0.15, -0.1) is 0 Å². The van der Waals surface area contributed by atoms with E-state index in [4.69, 9.17) is 14.8 Å². The van der Waals surface area contributed by atoms with Crippen molar-refractivity contribution in [1.82, 2.24) is 4.90 Å². The molecule has 0 rings (SSSR count). The number of hydrogen-bond donors (Lipinski definition) is 3. The topological polar surface area (TPSA) is 98.1 Å². The summed E-state index contributed by atoms with van der Waals surface area (Å²) in [6.45, 7) is 1.83. The first kappa shape index (κ1) is 15.8. The smallest absolute Gasteiger partial charge is 0.264 e. The van der Waals surface area contributed by atoms with Gasteiger partial charge in [-0.3, -0.25) is 9.45 Å². The van der Waals surface area contributed by atoms with Crippen molar-refractivity contribution in [3.05, 3.63) is 0 Å². The fourth-order valence-corrected chi connectivity index (χ4v) is 1.98. The molecule has 0 atom stereocenters. The van der Waals surface area contributed by atoms with Crippen molar-refractivity contribution in [3.8, 4) is 0 Å². The van der Waals surface area contributed by atoms with Crippen LogP contribution in [-0.4, -0.2) is 66.7 Å². The van der Waals surface area contributed by atoms with Gasteiger partial charge in [0.1, 0.15) is 0 Å². The number of rotatable bonds is 10. The Balaban J connectivity index is 3.54. The highest BCUT2D eigenvalue weighted by molar-refractivity contribution is 7.85. The van der Waals surface area contributed by atoms with E-state index in [1.54, 1.807) is 0 Å². The van der Waals surface area contributed by atoms with Gasteiger partial charge in [0.05, 0.1) is 19.0 Å². The quantitative estimate of drug-likeness (QED) is 0.354. The Morgan fingerprint density at radius 2 is 1.44 bits per heavy atom. The van der Waals surface area contributed by atoms with E-state index in [0.29, 0.717) is 32.5 Å². The molecule has 0 aromatic heterocycles. The normalized spacial score (nSPS) is 12.2. The monoisotopic (exact) mass is 255 g/mol. The van der Waals surface area contributed by atoms with Crippen molar-refractivity contribution in [1.29, 1.82) is 0 Å². The van der Waals surface area contributed by atoms with Crippen LogP contribution in [0.5, 0.6) is 0 Å². The Labute approximate surface area is 96.6 Å². The van der Waals surface area contributed by atoms with E-state index in [9.17, 15) is 8.42 Å². The molecule has 0 saturated carbocycles. The molecule has 0 aliphatic rings. The first-order chi connectivity index (χ1) is 7.49. The predicted molar refractivity (Wildman–Crippen MR) is 60.9 cm³/mol. The number of aliphatic hydroxyl groups excluding tert-OH is 2. The van der Waals surface area contributed by atoms with Crippen LogP contribution in [0.2, 0.25) is 0 Å². The van der Waals surface area contributed by atoms with E-state index in [2.05, 4.69) is 0 Å². The highest BCUT2D eigenvalue weighted by Crippen LogP contribution is 2.00. The number of nitrogens with zero attached hydrogens (tertiary/aromatic N) is 1. The van der Waals surface area contributed by atoms with Crippen LogP contribution < -0.4 is 0 Å². The molecule has 0 aromatic rings. The molecule has 0 heterocycles. The molecule has 16 heavy (non-hydrogen) atoms. The Kier molecular flexibility index (Phi) is 8.77. The van der Waals surface area contributed by atoms with E-state index in [-0.39, 0.29) is 19.0 Å². The summed E-state index contributed by atoms with van der Waals surface area (Å²) in [5, 5.41) is 17.5. The summed E-state index contributed by atoms with van der Waals surface area (Å²) < 4.78 is 29.3. The minimum absolute atomic E-state index is 0.0466. The van der Waals surface area contributed by atoms with Gasteiger partial charge in [0, 0.05) is 13.1 Å². The third-order valence-corrected chi connectivity index (χ3v) is 3.01. The van der Waals surface area contributed by atoms with Crippen LogP contribution in [0.3, 0.4) is 0 Å². The van der Waals surface area contributed by atoms with Gasteiger partial charge in [-0.2, -0.15) is 8.42 Å². The van der Waals surface area contributed by atoms with Gasteiger partial charge >= 0.3 is 0 Å². The molecule has 0 fully saturated rings. The lowest BCUT2D eigenvalue weighted by atomic mass is 10.2. The van der Waals surface area contributed by atoms with E-state index < -0.39 is 10.1 Å². The molecular weight excluding hydrogens is 234 g/mol. The van der Waals surface area contributed by atoms with E-state index >= 15 is 0 Å². The average Bonchev–Trinajstić information content (AvgIpc) is 2.16. The minimum Gasteiger partial charge on any atom is -0.395 e. The second-order valence-corrected chi connectivity index (χ2v) is 5.21. The molecule has 0 aliphatic carbocycles. The van der Waals surface area contributed by atoms with Crippen LogP contribution >= 0.6 is 0 Å². The van der Waals surface area contributed by atoms with Crippen LogP contribution in [0.15, 0.2) is 0 Å². The fourth-order valence-electron chi connectivity index (χ4n) is 1.41. The van der Waals surface area contributed by atoms with Crippen LogP contribution in [0, 0.1) is 0 Å². The lowest BCUT2D eigenvalue weighted by molar-refractivity contribution is 0.159. The van der Waals surface area contributed by atoms with Crippen molar-refractivity contribution in [3.63, 3.8) is 0 Å². The molecular formula is C9H21NO5S. The molecule has 0 saturated heterocycles. The van der Waals surface area contributed by atoms with Crippen molar-refractivity contribution >= 4 is 10.1 Å². The van der Waals surface area contributed by atoms with Crippen LogP contribution in [0.4, 0.5) is 0 Å². The van der Waals surface area contributed by atoms with Gasteiger partial charge in [-0.05, 0) is 19.4 Å². The molecule has 0 bridgehead atoms. The van der Waals surface area contributed by atoms with Gasteiger partial charge in [0.15, 0.2) is 0 Å². The largest absolute Gasteiger partial charge is 0.395 e. The van der Waals surface area contributed by atoms with E-state index in [1.165, 1.54) is 0 Å². The molecule has 0 spiro atoms. The maximum Gasteiger partial charge on any atom is 0.264 e. The number of hydrogen-bond acceptors (Lipinski definition) is 5. The summed E-state index contributed by atoms with van der Waals surface area (Å²) in [7, 11) is -3.84. The highest BCUT2D eigenvalue weighted by Gasteiger charge is 2.05. The van der Waals surface area contributed by atoms with Gasteiger partial charge in [-0.25, -0.2) is 0 Å². The first-order valence-corrected chi connectivity index (χ1v) is 6.99. The Hall–Kier alpha value is -0.210. The van der Waals surface area contributed by atoms with Crippen molar-refractivity contribution < 1.29 is 23.2 Å². The molecule has 3 N–H and O–H groups in total. The minimum atomic E-state index is -3.84. The fraction of sp³-hybridized carbons (Fsp3) is 1.00. The summed E-state index contributed by atoms with van der Waals surface area (Å²) in [5.74, 6) is -0.201. The van der Waals surface area contributed by atoms with Crippen molar-refractivity contribution in [2.75, 3.05) is 38.6 Å². The van der Waals surface area contributed by atoms with E-state index in [1.807, 2.05) is 4.90 Å². The van der Waals surface area contributed by atoms with E-state index in [0.717, 1.165) is 6.42 Å². The maximum absolute atomic E-state index is 10.4.